The fraction of sp³-hybridized carbons (Fsp3) is 0.529. The van der Waals surface area contributed by atoms with Crippen LogP contribution in [0.2, 0.25) is 0 Å². The first-order valence-corrected chi connectivity index (χ1v) is 9.59. The molecule has 0 aromatic heterocycles. The summed E-state index contributed by atoms with van der Waals surface area (Å²) >= 11 is 0. The van der Waals surface area contributed by atoms with Gasteiger partial charge in [-0.05, 0) is 51.8 Å². The van der Waals surface area contributed by atoms with E-state index in [0.29, 0.717) is 31.5 Å². The van der Waals surface area contributed by atoms with Crippen LogP contribution < -0.4 is 4.72 Å². The Morgan fingerprint density at radius 3 is 2.52 bits per heavy atom. The minimum atomic E-state index is -3.69. The van der Waals surface area contributed by atoms with Crippen molar-refractivity contribution in [2.24, 2.45) is 0 Å². The molecule has 0 aliphatic carbocycles. The number of hydrogen-bond acceptors (Lipinski definition) is 5. The zero-order valence-electron chi connectivity index (χ0n) is 14.7. The third-order valence-corrected chi connectivity index (χ3v) is 5.26. The lowest BCUT2D eigenvalue weighted by molar-refractivity contribution is 0.0203. The van der Waals surface area contributed by atoms with Crippen molar-refractivity contribution in [3.8, 4) is 6.07 Å². The Bertz CT molecular complexity index is 770. The number of carbonyl (C=O) groups is 1. The molecule has 1 N–H and O–H groups in total. The van der Waals surface area contributed by atoms with Crippen molar-refractivity contribution in [2.45, 2.75) is 50.2 Å². The quantitative estimate of drug-likeness (QED) is 0.885. The minimum Gasteiger partial charge on any atom is -0.444 e. The highest BCUT2D eigenvalue weighted by molar-refractivity contribution is 7.89. The van der Waals surface area contributed by atoms with Gasteiger partial charge in [-0.2, -0.15) is 5.26 Å². The minimum absolute atomic E-state index is 0.0705. The van der Waals surface area contributed by atoms with Crippen molar-refractivity contribution >= 4 is 16.1 Å². The highest BCUT2D eigenvalue weighted by Gasteiger charge is 2.29. The van der Waals surface area contributed by atoms with Crippen LogP contribution in [0.15, 0.2) is 29.2 Å². The van der Waals surface area contributed by atoms with Gasteiger partial charge in [0.25, 0.3) is 0 Å². The van der Waals surface area contributed by atoms with Gasteiger partial charge in [0.15, 0.2) is 0 Å². The van der Waals surface area contributed by atoms with Gasteiger partial charge in [0.05, 0.1) is 16.5 Å². The summed E-state index contributed by atoms with van der Waals surface area (Å²) in [6, 6.07) is 7.57. The summed E-state index contributed by atoms with van der Waals surface area (Å²) < 4.78 is 32.9. The molecule has 0 bridgehead atoms. The number of sulfonamides is 1. The van der Waals surface area contributed by atoms with Gasteiger partial charge in [-0.25, -0.2) is 17.9 Å². The molecule has 1 aromatic carbocycles. The van der Waals surface area contributed by atoms with Gasteiger partial charge < -0.3 is 9.64 Å². The van der Waals surface area contributed by atoms with E-state index in [1.807, 2.05) is 6.07 Å². The normalized spacial score (nSPS) is 16.3. The molecule has 0 spiro atoms. The lowest BCUT2D eigenvalue weighted by Gasteiger charge is -2.33. The third kappa shape index (κ3) is 5.44. The van der Waals surface area contributed by atoms with Crippen LogP contribution in [0, 0.1) is 11.3 Å². The molecule has 0 unspecified atom stereocenters. The lowest BCUT2D eigenvalue weighted by Crippen LogP contribution is -2.47. The van der Waals surface area contributed by atoms with Crippen LogP contribution in [0.1, 0.15) is 39.2 Å². The molecule has 1 aromatic rings. The summed E-state index contributed by atoms with van der Waals surface area (Å²) in [7, 11) is -3.69. The van der Waals surface area contributed by atoms with Crippen molar-refractivity contribution in [3.05, 3.63) is 29.8 Å². The fourth-order valence-corrected chi connectivity index (χ4v) is 3.88. The van der Waals surface area contributed by atoms with Crippen LogP contribution in [0.5, 0.6) is 0 Å². The molecule has 1 saturated heterocycles. The standard InChI is InChI=1S/C17H23N3O4S/c1-17(2,3)24-16(21)20-9-7-14(8-10-20)19-25(22,23)15-6-4-5-13(11-15)12-18/h4-6,11,14,19H,7-10H2,1-3H3. The lowest BCUT2D eigenvalue weighted by atomic mass is 10.1. The van der Waals surface area contributed by atoms with E-state index >= 15 is 0 Å². The van der Waals surface area contributed by atoms with Crippen LogP contribution in [0.3, 0.4) is 0 Å². The van der Waals surface area contributed by atoms with Crippen molar-refractivity contribution in [1.29, 1.82) is 5.26 Å². The first kappa shape index (κ1) is 19.2. The second kappa shape index (κ2) is 7.42. The average molecular weight is 365 g/mol. The van der Waals surface area contributed by atoms with Gasteiger partial charge >= 0.3 is 6.09 Å². The first-order valence-electron chi connectivity index (χ1n) is 8.11. The molecule has 7 nitrogen and oxygen atoms in total. The number of carbonyl (C=O) groups excluding carboxylic acids is 1. The molecule has 0 radical (unpaired) electrons. The summed E-state index contributed by atoms with van der Waals surface area (Å²) in [6.45, 7) is 6.28. The number of rotatable bonds is 3. The number of nitriles is 1. The summed E-state index contributed by atoms with van der Waals surface area (Å²) in [4.78, 5) is 13.7. The smallest absolute Gasteiger partial charge is 0.410 e. The maximum Gasteiger partial charge on any atom is 0.410 e. The molecule has 2 rings (SSSR count). The second-order valence-electron chi connectivity index (χ2n) is 7.00. The third-order valence-electron chi connectivity index (χ3n) is 3.74. The van der Waals surface area contributed by atoms with E-state index in [1.165, 1.54) is 18.2 Å². The van der Waals surface area contributed by atoms with E-state index in [2.05, 4.69) is 4.72 Å². The number of nitrogens with zero attached hydrogens (tertiary/aromatic N) is 2. The Labute approximate surface area is 148 Å². The highest BCUT2D eigenvalue weighted by atomic mass is 32.2. The predicted octanol–water partition coefficient (Wildman–Crippen LogP) is 2.24. The molecule has 0 atom stereocenters. The van der Waals surface area contributed by atoms with E-state index < -0.39 is 15.6 Å². The van der Waals surface area contributed by atoms with E-state index in [4.69, 9.17) is 10.00 Å². The molecular formula is C17H23N3O4S. The Morgan fingerprint density at radius 1 is 1.32 bits per heavy atom. The Kier molecular flexibility index (Phi) is 5.70. The van der Waals surface area contributed by atoms with Gasteiger partial charge in [-0.15, -0.1) is 0 Å². The number of amides is 1. The molecule has 1 aliphatic heterocycles. The summed E-state index contributed by atoms with van der Waals surface area (Å²) in [5.74, 6) is 0. The fourth-order valence-electron chi connectivity index (χ4n) is 2.53. The van der Waals surface area contributed by atoms with Crippen LogP contribution in [-0.4, -0.2) is 44.1 Å². The highest BCUT2D eigenvalue weighted by Crippen LogP contribution is 2.18. The summed E-state index contributed by atoms with van der Waals surface area (Å²) in [6.07, 6.45) is 0.642. The van der Waals surface area contributed by atoms with Gasteiger partial charge in [-0.1, -0.05) is 6.07 Å². The number of piperidine rings is 1. The van der Waals surface area contributed by atoms with E-state index in [-0.39, 0.29) is 17.0 Å². The van der Waals surface area contributed by atoms with Crippen molar-refractivity contribution in [2.75, 3.05) is 13.1 Å². The molecular weight excluding hydrogens is 342 g/mol. The van der Waals surface area contributed by atoms with Crippen molar-refractivity contribution in [1.82, 2.24) is 9.62 Å². The van der Waals surface area contributed by atoms with Crippen molar-refractivity contribution in [3.63, 3.8) is 0 Å². The van der Waals surface area contributed by atoms with Gasteiger partial charge in [0.2, 0.25) is 10.0 Å². The topological polar surface area (TPSA) is 99.5 Å². The number of benzene rings is 1. The van der Waals surface area contributed by atoms with E-state index in [0.717, 1.165) is 0 Å². The number of nitrogens with one attached hydrogen (secondary N) is 1. The molecule has 8 heteroatoms. The molecule has 1 heterocycles. The van der Waals surface area contributed by atoms with Crippen LogP contribution in [-0.2, 0) is 14.8 Å². The molecule has 1 aliphatic rings. The zero-order chi connectivity index (χ0) is 18.7. The first-order chi connectivity index (χ1) is 11.6. The monoisotopic (exact) mass is 365 g/mol. The SMILES string of the molecule is CC(C)(C)OC(=O)N1CCC(NS(=O)(=O)c2cccc(C#N)c2)CC1. The molecule has 0 saturated carbocycles. The summed E-state index contributed by atoms with van der Waals surface area (Å²) in [5, 5.41) is 8.90. The molecule has 1 fully saturated rings. The number of hydrogen-bond donors (Lipinski definition) is 1. The van der Waals surface area contributed by atoms with E-state index in [1.54, 1.807) is 31.7 Å². The molecule has 136 valence electrons. The maximum atomic E-state index is 12.4. The van der Waals surface area contributed by atoms with Crippen LogP contribution in [0.4, 0.5) is 4.79 Å². The Balaban J connectivity index is 1.95. The van der Waals surface area contributed by atoms with Gasteiger partial charge in [-0.3, -0.25) is 0 Å². The van der Waals surface area contributed by atoms with Crippen molar-refractivity contribution < 1.29 is 17.9 Å². The molecule has 25 heavy (non-hydrogen) atoms. The second-order valence-corrected chi connectivity index (χ2v) is 8.72. The summed E-state index contributed by atoms with van der Waals surface area (Å²) in [5.41, 5.74) is -0.260. The van der Waals surface area contributed by atoms with Gasteiger partial charge in [0, 0.05) is 19.1 Å². The zero-order valence-corrected chi connectivity index (χ0v) is 15.5. The van der Waals surface area contributed by atoms with Crippen LogP contribution >= 0.6 is 0 Å². The average Bonchev–Trinajstić information content (AvgIpc) is 2.53. The number of likely N-dealkylation sites (tertiary alicyclic amines) is 1. The molecule has 1 amide bonds. The Hall–Kier alpha value is -2.11. The predicted molar refractivity (Wildman–Crippen MR) is 92.3 cm³/mol. The van der Waals surface area contributed by atoms with Gasteiger partial charge in [0.1, 0.15) is 5.60 Å². The van der Waals surface area contributed by atoms with E-state index in [9.17, 15) is 13.2 Å². The van der Waals surface area contributed by atoms with Crippen LogP contribution in [0.25, 0.3) is 0 Å². The maximum absolute atomic E-state index is 12.4. The number of ether oxygens (including phenoxy) is 1. The largest absolute Gasteiger partial charge is 0.444 e. The Morgan fingerprint density at radius 2 is 1.96 bits per heavy atom.